The molecule has 2 saturated heterocycles. The molecule has 0 unspecified atom stereocenters. The summed E-state index contributed by atoms with van der Waals surface area (Å²) in [6.07, 6.45) is -4.83. The molecule has 4 aromatic heterocycles. The number of nitrogens with two attached hydrogens (primary N) is 1. The minimum atomic E-state index is -1.24. The largest absolute Gasteiger partial charge is 0.387 e. The molecule has 21 nitrogen and oxygen atoms in total. The molecule has 9 aromatic rings. The molecule has 2 fully saturated rings. The van der Waals surface area contributed by atoms with E-state index < -0.39 is 49.1 Å². The van der Waals surface area contributed by atoms with Crippen LogP contribution >= 0.6 is 0 Å². The van der Waals surface area contributed by atoms with Crippen molar-refractivity contribution in [3.05, 3.63) is 204 Å². The number of imidazole rings is 2. The highest BCUT2D eigenvalue weighted by atomic mass is 16.6. The van der Waals surface area contributed by atoms with E-state index in [9.17, 15) is 25.2 Å². The number of fused-ring (bicyclic) bond motifs is 2. The van der Waals surface area contributed by atoms with Gasteiger partial charge in [0.05, 0.1) is 39.0 Å². The monoisotopic (exact) mass is 1080 g/mol. The third kappa shape index (κ3) is 12.2. The number of hydrogen-bond donors (Lipinski definition) is 8. The number of ether oxygens (including phenoxy) is 4. The third-order valence-corrected chi connectivity index (χ3v) is 14.2. The fourth-order valence-corrected chi connectivity index (χ4v) is 10.1. The van der Waals surface area contributed by atoms with Crippen LogP contribution in [0, 0.1) is 0 Å². The van der Waals surface area contributed by atoms with Crippen molar-refractivity contribution in [1.82, 2.24) is 44.4 Å². The quantitative estimate of drug-likeness (QED) is 0.0495. The number of hydrogen-bond acceptors (Lipinski definition) is 18. The second-order valence-corrected chi connectivity index (χ2v) is 19.4. The SMILES string of the molecule is COC[C@H]1O[C@@H](n2cnc3c(NCC(c4ccccc4)c4ccccc4)nc(CN)nc32)[C@H](O)[C@@H]1O.COC[C@H]1O[C@@H](n2cnc3c(NCC(c4ccccc4)c4ccccc4)nc(CNC(=O)c4ccccc4)nc32)[C@H](O)[C@@H]1O. The zero-order valence-corrected chi connectivity index (χ0v) is 44.1. The van der Waals surface area contributed by atoms with Gasteiger partial charge in [0.25, 0.3) is 5.91 Å². The van der Waals surface area contributed by atoms with Gasteiger partial charge in [0.15, 0.2) is 52.2 Å². The number of aliphatic hydroxyl groups excluding tert-OH is 4. The Hall–Kier alpha value is -8.09. The molecule has 6 heterocycles. The molecule has 21 heteroatoms. The molecule has 5 aromatic carbocycles. The van der Waals surface area contributed by atoms with Crippen molar-refractivity contribution < 1.29 is 44.2 Å². The van der Waals surface area contributed by atoms with Crippen LogP contribution in [0.5, 0.6) is 0 Å². The van der Waals surface area contributed by atoms with Gasteiger partial charge >= 0.3 is 0 Å². The van der Waals surface area contributed by atoms with Crippen LogP contribution in [0.25, 0.3) is 22.3 Å². The molecule has 414 valence electrons. The van der Waals surface area contributed by atoms with E-state index in [-0.39, 0.29) is 44.0 Å². The van der Waals surface area contributed by atoms with Crippen molar-refractivity contribution in [3.8, 4) is 0 Å². The van der Waals surface area contributed by atoms with Gasteiger partial charge < -0.3 is 61.1 Å². The number of amides is 1. The zero-order valence-electron chi connectivity index (χ0n) is 44.1. The molecule has 1 amide bonds. The molecule has 0 aliphatic carbocycles. The Labute approximate surface area is 461 Å². The van der Waals surface area contributed by atoms with Gasteiger partial charge in [-0.2, -0.15) is 0 Å². The molecule has 9 N–H and O–H groups in total. The number of nitrogens with one attached hydrogen (secondary N) is 3. The summed E-state index contributed by atoms with van der Waals surface area (Å²) in [5.41, 5.74) is 12.9. The summed E-state index contributed by atoms with van der Waals surface area (Å²) in [5.74, 6) is 1.59. The lowest BCUT2D eigenvalue weighted by Crippen LogP contribution is -2.33. The van der Waals surface area contributed by atoms with Gasteiger partial charge in [0, 0.05) is 44.7 Å². The van der Waals surface area contributed by atoms with E-state index in [1.54, 1.807) is 33.4 Å². The normalized spacial score (nSPS) is 20.8. The molecular weight excluding hydrogens is 1020 g/mol. The maximum absolute atomic E-state index is 12.8. The summed E-state index contributed by atoms with van der Waals surface area (Å²) in [6, 6.07) is 49.9. The Morgan fingerprint density at radius 2 is 0.925 bits per heavy atom. The lowest BCUT2D eigenvalue weighted by molar-refractivity contribution is -0.0580. The standard InChI is InChI=1S/C33H34N6O5.C26H30N6O4/c1-43-19-25-28(40)29(41)33(44-25)39-20-36-27-30(34-17-24(21-11-5-2-6-12-21)22-13-7-3-8-14-22)37-26(38-31(27)39)18-35-32(42)23-15-9-4-10-16-23;1-35-14-19-22(33)23(34)26(36-19)32-15-29-21-24(30-20(12-27)31-25(21)32)28-13-18(16-8-4-2-5-9-16)17-10-6-3-7-11-17/h2-16,20,24-25,28-29,33,40-41H,17-19H2,1H3,(H,35,42)(H,34,37,38);2-11,15,18-19,22-23,26,33-34H,12-14,27H2,1H3,(H,28,30,31)/t25-,28-,29-,33-;19-,22-,23-,26-/m11/s1. The number of carbonyl (C=O) groups excluding carboxylic acids is 1. The van der Waals surface area contributed by atoms with E-state index in [0.717, 1.165) is 11.1 Å². The molecule has 0 radical (unpaired) electrons. The maximum atomic E-state index is 12.8. The Bertz CT molecular complexity index is 3340. The van der Waals surface area contributed by atoms with Crippen molar-refractivity contribution in [3.63, 3.8) is 0 Å². The highest BCUT2D eigenvalue weighted by Crippen LogP contribution is 2.36. The van der Waals surface area contributed by atoms with Crippen molar-refractivity contribution in [2.75, 3.05) is 51.2 Å². The predicted molar refractivity (Wildman–Crippen MR) is 298 cm³/mol. The average molecular weight is 1090 g/mol. The van der Waals surface area contributed by atoms with Crippen molar-refractivity contribution >= 4 is 39.9 Å². The number of nitrogens with zero attached hydrogens (tertiary/aromatic N) is 8. The topological polar surface area (TPSA) is 284 Å². The summed E-state index contributed by atoms with van der Waals surface area (Å²) < 4.78 is 25.3. The summed E-state index contributed by atoms with van der Waals surface area (Å²) in [6.45, 7) is 1.50. The minimum absolute atomic E-state index is 0.00988. The van der Waals surface area contributed by atoms with E-state index in [1.165, 1.54) is 38.0 Å². The summed E-state index contributed by atoms with van der Waals surface area (Å²) in [5, 5.41) is 52.3. The highest BCUT2D eigenvalue weighted by Gasteiger charge is 2.45. The number of rotatable bonds is 20. The highest BCUT2D eigenvalue weighted by molar-refractivity contribution is 5.94. The fraction of sp³-hybridized carbons (Fsp3) is 0.305. The Morgan fingerprint density at radius 1 is 0.550 bits per heavy atom. The van der Waals surface area contributed by atoms with Crippen molar-refractivity contribution in [2.24, 2.45) is 5.73 Å². The number of anilines is 2. The van der Waals surface area contributed by atoms with E-state index >= 15 is 0 Å². The van der Waals surface area contributed by atoms with Gasteiger partial charge in [0.1, 0.15) is 42.4 Å². The Kier molecular flexibility index (Phi) is 17.8. The first-order chi connectivity index (χ1) is 39.1. The molecular formula is C59H64N12O9. The molecule has 80 heavy (non-hydrogen) atoms. The van der Waals surface area contributed by atoms with E-state index in [4.69, 9.17) is 34.6 Å². The van der Waals surface area contributed by atoms with Crippen LogP contribution in [0.1, 0.15) is 68.6 Å². The first-order valence-electron chi connectivity index (χ1n) is 26.3. The van der Waals surface area contributed by atoms with Crippen LogP contribution in [0.2, 0.25) is 0 Å². The fourth-order valence-electron chi connectivity index (χ4n) is 10.1. The number of benzene rings is 5. The van der Waals surface area contributed by atoms with E-state index in [1.807, 2.05) is 78.9 Å². The summed E-state index contributed by atoms with van der Waals surface area (Å²) in [7, 11) is 3.01. The number of aromatic nitrogens is 8. The molecule has 8 atom stereocenters. The van der Waals surface area contributed by atoms with Crippen LogP contribution in [0.4, 0.5) is 11.6 Å². The van der Waals surface area contributed by atoms with E-state index in [2.05, 4.69) is 84.4 Å². The summed E-state index contributed by atoms with van der Waals surface area (Å²) in [4.78, 5) is 40.5. The molecule has 0 bridgehead atoms. The van der Waals surface area contributed by atoms with Gasteiger partial charge in [-0.3, -0.25) is 13.9 Å². The molecule has 2 aliphatic rings. The number of methoxy groups -OCH3 is 2. The maximum Gasteiger partial charge on any atom is 0.251 e. The zero-order chi connectivity index (χ0) is 55.5. The smallest absolute Gasteiger partial charge is 0.251 e. The minimum Gasteiger partial charge on any atom is -0.387 e. The lowest BCUT2D eigenvalue weighted by atomic mass is 9.91. The first kappa shape index (κ1) is 55.2. The summed E-state index contributed by atoms with van der Waals surface area (Å²) >= 11 is 0. The molecule has 0 saturated carbocycles. The second-order valence-electron chi connectivity index (χ2n) is 19.4. The second kappa shape index (κ2) is 25.8. The number of carbonyl (C=O) groups is 1. The van der Waals surface area contributed by atoms with Gasteiger partial charge in [-0.25, -0.2) is 29.9 Å². The van der Waals surface area contributed by atoms with Crippen LogP contribution in [0.3, 0.4) is 0 Å². The van der Waals surface area contributed by atoms with Gasteiger partial charge in [0.2, 0.25) is 0 Å². The van der Waals surface area contributed by atoms with Crippen molar-refractivity contribution in [2.45, 2.75) is 74.0 Å². The first-order valence-corrected chi connectivity index (χ1v) is 26.3. The molecule has 11 rings (SSSR count). The Morgan fingerprint density at radius 3 is 1.31 bits per heavy atom. The van der Waals surface area contributed by atoms with Gasteiger partial charge in [-0.1, -0.05) is 140 Å². The van der Waals surface area contributed by atoms with Crippen LogP contribution in [-0.2, 0) is 32.0 Å². The predicted octanol–water partition coefficient (Wildman–Crippen LogP) is 5.06. The number of aliphatic hydroxyl groups is 4. The average Bonchev–Trinajstić information content (AvgIpc) is 4.30. The van der Waals surface area contributed by atoms with Crippen molar-refractivity contribution in [1.29, 1.82) is 0 Å². The lowest BCUT2D eigenvalue weighted by Gasteiger charge is -2.20. The molecule has 2 aliphatic heterocycles. The van der Waals surface area contributed by atoms with E-state index in [0.29, 0.717) is 64.3 Å². The van der Waals surface area contributed by atoms with Crippen LogP contribution < -0.4 is 21.7 Å². The third-order valence-electron chi connectivity index (χ3n) is 14.2. The van der Waals surface area contributed by atoms with Crippen LogP contribution in [-0.4, -0.2) is 143 Å². The van der Waals surface area contributed by atoms with Gasteiger partial charge in [-0.15, -0.1) is 0 Å². The van der Waals surface area contributed by atoms with Crippen LogP contribution in [0.15, 0.2) is 164 Å². The Balaban J connectivity index is 0.000000184. The molecule has 0 spiro atoms. The van der Waals surface area contributed by atoms with Gasteiger partial charge in [-0.05, 0) is 34.4 Å².